The van der Waals surface area contributed by atoms with Crippen molar-refractivity contribution in [1.82, 2.24) is 0 Å². The molecule has 0 amide bonds. The molecule has 1 unspecified atom stereocenters. The van der Waals surface area contributed by atoms with Crippen LogP contribution in [0.5, 0.6) is 0 Å². The zero-order valence-corrected chi connectivity index (χ0v) is 10.1. The van der Waals surface area contributed by atoms with Crippen molar-refractivity contribution in [1.29, 1.82) is 0 Å². The lowest BCUT2D eigenvalue weighted by Crippen LogP contribution is -2.06. The summed E-state index contributed by atoms with van der Waals surface area (Å²) >= 11 is 0. The summed E-state index contributed by atoms with van der Waals surface area (Å²) in [5.41, 5.74) is 11.2. The molecule has 0 aliphatic heterocycles. The summed E-state index contributed by atoms with van der Waals surface area (Å²) in [5.74, 6) is 0. The van der Waals surface area contributed by atoms with Crippen molar-refractivity contribution in [2.45, 2.75) is 13.0 Å². The zero-order valence-electron chi connectivity index (χ0n) is 10.1. The molecule has 0 radical (unpaired) electrons. The monoisotopic (exact) mass is 238 g/mol. The smallest absolute Gasteiger partial charge is 0.0607 e. The Hall–Kier alpha value is -2.45. The first-order valence-corrected chi connectivity index (χ1v) is 5.77. The van der Waals surface area contributed by atoms with Gasteiger partial charge in [0.1, 0.15) is 0 Å². The summed E-state index contributed by atoms with van der Waals surface area (Å²) in [6.45, 7) is 2.07. The molecule has 0 spiro atoms. The fraction of sp³-hybridized carbons (Fsp3) is 0.143. The molecule has 0 aliphatic rings. The number of benzene rings is 2. The van der Waals surface area contributed by atoms with Crippen LogP contribution in [0, 0.1) is 0 Å². The molecule has 90 valence electrons. The van der Waals surface area contributed by atoms with Crippen LogP contribution in [0.2, 0.25) is 0 Å². The molecule has 18 heavy (non-hydrogen) atoms. The van der Waals surface area contributed by atoms with Gasteiger partial charge in [-0.05, 0) is 24.1 Å². The van der Waals surface area contributed by atoms with Gasteiger partial charge in [-0.3, -0.25) is 0 Å². The molecule has 4 heteroatoms. The van der Waals surface area contributed by atoms with E-state index in [-0.39, 0.29) is 6.04 Å². The SMILES string of the molecule is CC(Nc1ccccc1N=[N+]=[N-])c1ccccc1. The van der Waals surface area contributed by atoms with E-state index in [0.29, 0.717) is 5.69 Å². The van der Waals surface area contributed by atoms with E-state index in [2.05, 4.69) is 34.4 Å². The molecule has 2 aromatic carbocycles. The molecular weight excluding hydrogens is 224 g/mol. The highest BCUT2D eigenvalue weighted by Crippen LogP contribution is 2.28. The lowest BCUT2D eigenvalue weighted by atomic mass is 10.1. The van der Waals surface area contributed by atoms with Gasteiger partial charge < -0.3 is 5.32 Å². The number of azide groups is 1. The Balaban J connectivity index is 2.22. The lowest BCUT2D eigenvalue weighted by molar-refractivity contribution is 0.885. The Morgan fingerprint density at radius 3 is 2.44 bits per heavy atom. The number of hydrogen-bond donors (Lipinski definition) is 1. The fourth-order valence-electron chi connectivity index (χ4n) is 1.79. The molecule has 0 heterocycles. The molecule has 1 N–H and O–H groups in total. The molecule has 0 bridgehead atoms. The van der Waals surface area contributed by atoms with Crippen LogP contribution in [0.3, 0.4) is 0 Å². The molecule has 0 aromatic heterocycles. The van der Waals surface area contributed by atoms with Crippen molar-refractivity contribution in [3.63, 3.8) is 0 Å². The van der Waals surface area contributed by atoms with E-state index in [9.17, 15) is 0 Å². The number of para-hydroxylation sites is 1. The van der Waals surface area contributed by atoms with Gasteiger partial charge in [-0.1, -0.05) is 53.6 Å². The maximum atomic E-state index is 8.53. The summed E-state index contributed by atoms with van der Waals surface area (Å²) in [6, 6.07) is 17.7. The minimum atomic E-state index is 0.154. The quantitative estimate of drug-likeness (QED) is 0.464. The van der Waals surface area contributed by atoms with Crippen LogP contribution in [-0.4, -0.2) is 0 Å². The second-order valence-corrected chi connectivity index (χ2v) is 3.98. The van der Waals surface area contributed by atoms with E-state index in [0.717, 1.165) is 5.69 Å². The normalized spacial score (nSPS) is 11.4. The number of anilines is 1. The van der Waals surface area contributed by atoms with Gasteiger partial charge in [-0.2, -0.15) is 0 Å². The molecule has 0 saturated heterocycles. The first-order valence-electron chi connectivity index (χ1n) is 5.77. The van der Waals surface area contributed by atoms with Crippen LogP contribution >= 0.6 is 0 Å². The topological polar surface area (TPSA) is 60.8 Å². The average molecular weight is 238 g/mol. The van der Waals surface area contributed by atoms with Gasteiger partial charge in [-0.25, -0.2) is 0 Å². The van der Waals surface area contributed by atoms with Crippen LogP contribution in [0.15, 0.2) is 59.7 Å². The minimum absolute atomic E-state index is 0.154. The van der Waals surface area contributed by atoms with Crippen LogP contribution in [0.4, 0.5) is 11.4 Å². The van der Waals surface area contributed by atoms with E-state index in [4.69, 9.17) is 5.53 Å². The van der Waals surface area contributed by atoms with Gasteiger partial charge in [0.25, 0.3) is 0 Å². The summed E-state index contributed by atoms with van der Waals surface area (Å²) in [5, 5.41) is 7.02. The fourth-order valence-corrected chi connectivity index (χ4v) is 1.79. The summed E-state index contributed by atoms with van der Waals surface area (Å²) in [4.78, 5) is 2.83. The number of rotatable bonds is 4. The van der Waals surface area contributed by atoms with Gasteiger partial charge in [0, 0.05) is 16.6 Å². The Morgan fingerprint density at radius 2 is 1.72 bits per heavy atom. The minimum Gasteiger partial charge on any atom is -0.378 e. The van der Waals surface area contributed by atoms with Crippen molar-refractivity contribution in [2.24, 2.45) is 5.11 Å². The summed E-state index contributed by atoms with van der Waals surface area (Å²) < 4.78 is 0. The third kappa shape index (κ3) is 2.81. The summed E-state index contributed by atoms with van der Waals surface area (Å²) in [6.07, 6.45) is 0. The molecule has 2 rings (SSSR count). The summed E-state index contributed by atoms with van der Waals surface area (Å²) in [7, 11) is 0. The molecular formula is C14H14N4. The van der Waals surface area contributed by atoms with Crippen LogP contribution in [0.1, 0.15) is 18.5 Å². The number of nitrogens with zero attached hydrogens (tertiary/aromatic N) is 3. The van der Waals surface area contributed by atoms with E-state index in [1.807, 2.05) is 36.4 Å². The van der Waals surface area contributed by atoms with Crippen LogP contribution in [0.25, 0.3) is 10.4 Å². The Bertz CT molecular complexity index is 559. The second-order valence-electron chi connectivity index (χ2n) is 3.98. The van der Waals surface area contributed by atoms with Crippen molar-refractivity contribution < 1.29 is 0 Å². The van der Waals surface area contributed by atoms with Gasteiger partial charge in [0.2, 0.25) is 0 Å². The van der Waals surface area contributed by atoms with Crippen molar-refractivity contribution >= 4 is 11.4 Å². The molecule has 0 fully saturated rings. The second kappa shape index (κ2) is 5.75. The van der Waals surface area contributed by atoms with Crippen LogP contribution in [-0.2, 0) is 0 Å². The predicted molar refractivity (Wildman–Crippen MR) is 73.7 cm³/mol. The van der Waals surface area contributed by atoms with Crippen molar-refractivity contribution in [3.05, 3.63) is 70.6 Å². The predicted octanol–water partition coefficient (Wildman–Crippen LogP) is 4.80. The number of hydrogen-bond acceptors (Lipinski definition) is 2. The largest absolute Gasteiger partial charge is 0.378 e. The Labute approximate surface area is 106 Å². The highest BCUT2D eigenvalue weighted by molar-refractivity contribution is 5.65. The average Bonchev–Trinajstić information content (AvgIpc) is 2.42. The Morgan fingerprint density at radius 1 is 1.06 bits per heavy atom. The molecule has 0 saturated carbocycles. The standard InChI is InChI=1S/C14H14N4/c1-11(12-7-3-2-4-8-12)16-13-9-5-6-10-14(13)17-18-15/h2-11,16H,1H3. The van der Waals surface area contributed by atoms with E-state index < -0.39 is 0 Å². The number of nitrogens with one attached hydrogen (secondary N) is 1. The maximum absolute atomic E-state index is 8.53. The van der Waals surface area contributed by atoms with Gasteiger partial charge in [0.15, 0.2) is 0 Å². The maximum Gasteiger partial charge on any atom is 0.0607 e. The van der Waals surface area contributed by atoms with Gasteiger partial charge in [-0.15, -0.1) is 0 Å². The van der Waals surface area contributed by atoms with Crippen LogP contribution < -0.4 is 5.32 Å². The van der Waals surface area contributed by atoms with Crippen molar-refractivity contribution in [3.8, 4) is 0 Å². The Kier molecular flexibility index (Phi) is 3.84. The highest BCUT2D eigenvalue weighted by atomic mass is 15.1. The first kappa shape index (κ1) is 12.0. The third-order valence-corrected chi connectivity index (χ3v) is 2.73. The van der Waals surface area contributed by atoms with E-state index in [1.165, 1.54) is 5.56 Å². The molecule has 0 aliphatic carbocycles. The molecule has 4 nitrogen and oxygen atoms in total. The van der Waals surface area contributed by atoms with Gasteiger partial charge >= 0.3 is 0 Å². The molecule has 2 aromatic rings. The first-order chi connectivity index (χ1) is 8.81. The van der Waals surface area contributed by atoms with E-state index in [1.54, 1.807) is 6.07 Å². The third-order valence-electron chi connectivity index (χ3n) is 2.73. The molecule has 1 atom stereocenters. The van der Waals surface area contributed by atoms with E-state index >= 15 is 0 Å². The van der Waals surface area contributed by atoms with Gasteiger partial charge in [0.05, 0.1) is 5.69 Å². The zero-order chi connectivity index (χ0) is 12.8. The lowest BCUT2D eigenvalue weighted by Gasteiger charge is -2.17. The van der Waals surface area contributed by atoms with Crippen molar-refractivity contribution in [2.75, 3.05) is 5.32 Å². The highest BCUT2D eigenvalue weighted by Gasteiger charge is 2.06.